The summed E-state index contributed by atoms with van der Waals surface area (Å²) in [6.45, 7) is 5.63. The first-order chi connectivity index (χ1) is 11.7. The number of thiazole rings is 1. The summed E-state index contributed by atoms with van der Waals surface area (Å²) in [5, 5.41) is 6.52. The molecule has 2 aliphatic rings. The summed E-state index contributed by atoms with van der Waals surface area (Å²) in [6.07, 6.45) is 4.63. The maximum atomic E-state index is 12.7. The molecular weight excluding hydrogens is 324 g/mol. The van der Waals surface area contributed by atoms with Crippen LogP contribution in [0.2, 0.25) is 0 Å². The van der Waals surface area contributed by atoms with Crippen LogP contribution in [-0.2, 0) is 17.8 Å². The third-order valence-corrected chi connectivity index (χ3v) is 5.28. The first-order valence-electron chi connectivity index (χ1n) is 8.56. The molecule has 0 aromatic carbocycles. The lowest BCUT2D eigenvalue weighted by molar-refractivity contribution is 0.0621. The van der Waals surface area contributed by atoms with Gasteiger partial charge in [0.15, 0.2) is 0 Å². The number of fused-ring (bicyclic) bond motifs is 1. The molecular formula is C17H22N4O2S. The SMILES string of the molecule is CCn1cc2c(n1)C(COCC1CC1)CN(C(=O)c1cscn1)C2. The second-order valence-corrected chi connectivity index (χ2v) is 7.35. The quantitative estimate of drug-likeness (QED) is 0.806. The zero-order chi connectivity index (χ0) is 16.5. The van der Waals surface area contributed by atoms with E-state index in [2.05, 4.69) is 18.1 Å². The van der Waals surface area contributed by atoms with Gasteiger partial charge in [-0.15, -0.1) is 11.3 Å². The van der Waals surface area contributed by atoms with Gasteiger partial charge in [0.05, 0.1) is 17.8 Å². The molecule has 0 radical (unpaired) electrons. The predicted molar refractivity (Wildman–Crippen MR) is 91.0 cm³/mol. The maximum absolute atomic E-state index is 12.7. The Balaban J connectivity index is 1.52. The van der Waals surface area contributed by atoms with Gasteiger partial charge >= 0.3 is 0 Å². The van der Waals surface area contributed by atoms with Crippen LogP contribution in [0.3, 0.4) is 0 Å². The zero-order valence-electron chi connectivity index (χ0n) is 13.9. The number of ether oxygens (including phenoxy) is 1. The summed E-state index contributed by atoms with van der Waals surface area (Å²) < 4.78 is 7.87. The van der Waals surface area contributed by atoms with Crippen molar-refractivity contribution in [3.8, 4) is 0 Å². The molecule has 1 unspecified atom stereocenters. The van der Waals surface area contributed by atoms with Crippen LogP contribution in [0.25, 0.3) is 0 Å². The van der Waals surface area contributed by atoms with Crippen LogP contribution in [0.15, 0.2) is 17.1 Å². The number of carbonyl (C=O) groups excluding carboxylic acids is 1. The summed E-state index contributed by atoms with van der Waals surface area (Å²) in [7, 11) is 0. The van der Waals surface area contributed by atoms with Crippen molar-refractivity contribution in [1.82, 2.24) is 19.7 Å². The second-order valence-electron chi connectivity index (χ2n) is 6.63. The Hall–Kier alpha value is -1.73. The Kier molecular flexibility index (Phi) is 4.37. The number of amides is 1. The van der Waals surface area contributed by atoms with Gasteiger partial charge in [-0.3, -0.25) is 9.48 Å². The first-order valence-corrected chi connectivity index (χ1v) is 9.50. The van der Waals surface area contributed by atoms with Crippen molar-refractivity contribution >= 4 is 17.2 Å². The number of hydrogen-bond acceptors (Lipinski definition) is 5. The highest BCUT2D eigenvalue weighted by Crippen LogP contribution is 2.31. The second kappa shape index (κ2) is 6.64. The lowest BCUT2D eigenvalue weighted by Crippen LogP contribution is -2.39. The average molecular weight is 346 g/mol. The van der Waals surface area contributed by atoms with Crippen LogP contribution in [0, 0.1) is 5.92 Å². The molecule has 2 aromatic heterocycles. The number of aromatic nitrogens is 3. The van der Waals surface area contributed by atoms with E-state index < -0.39 is 0 Å². The molecule has 1 amide bonds. The normalized spacial score (nSPS) is 20.2. The third kappa shape index (κ3) is 3.23. The molecule has 2 aromatic rings. The molecule has 1 aliphatic heterocycles. The summed E-state index contributed by atoms with van der Waals surface area (Å²) >= 11 is 1.45. The van der Waals surface area contributed by atoms with Gasteiger partial charge in [0, 0.05) is 49.3 Å². The van der Waals surface area contributed by atoms with E-state index in [4.69, 9.17) is 9.84 Å². The van der Waals surface area contributed by atoms with Crippen molar-refractivity contribution in [3.63, 3.8) is 0 Å². The molecule has 0 bridgehead atoms. The molecule has 1 saturated carbocycles. The lowest BCUT2D eigenvalue weighted by Gasteiger charge is -2.31. The van der Waals surface area contributed by atoms with E-state index in [0.29, 0.717) is 25.4 Å². The molecule has 24 heavy (non-hydrogen) atoms. The van der Waals surface area contributed by atoms with Crippen molar-refractivity contribution in [2.45, 2.75) is 38.8 Å². The molecule has 7 heteroatoms. The number of nitrogens with zero attached hydrogens (tertiary/aromatic N) is 4. The van der Waals surface area contributed by atoms with Gasteiger partial charge in [-0.05, 0) is 25.7 Å². The van der Waals surface area contributed by atoms with Crippen molar-refractivity contribution in [1.29, 1.82) is 0 Å². The van der Waals surface area contributed by atoms with Crippen LogP contribution in [0.5, 0.6) is 0 Å². The number of aryl methyl sites for hydroxylation is 1. The summed E-state index contributed by atoms with van der Waals surface area (Å²) in [4.78, 5) is 18.7. The fraction of sp³-hybridized carbons (Fsp3) is 0.588. The van der Waals surface area contributed by atoms with E-state index in [-0.39, 0.29) is 11.8 Å². The van der Waals surface area contributed by atoms with Gasteiger partial charge in [0.25, 0.3) is 5.91 Å². The zero-order valence-corrected chi connectivity index (χ0v) is 14.7. The summed E-state index contributed by atoms with van der Waals surface area (Å²) in [5.41, 5.74) is 4.46. The highest BCUT2D eigenvalue weighted by molar-refractivity contribution is 7.07. The van der Waals surface area contributed by atoms with Crippen LogP contribution in [0.4, 0.5) is 0 Å². The Labute approximate surface area is 145 Å². The first kappa shape index (κ1) is 15.8. The minimum Gasteiger partial charge on any atom is -0.380 e. The summed E-state index contributed by atoms with van der Waals surface area (Å²) in [6, 6.07) is 0. The van der Waals surface area contributed by atoms with Gasteiger partial charge in [-0.1, -0.05) is 0 Å². The Morgan fingerprint density at radius 3 is 3.00 bits per heavy atom. The molecule has 1 aliphatic carbocycles. The van der Waals surface area contributed by atoms with Crippen LogP contribution in [0.1, 0.15) is 47.4 Å². The van der Waals surface area contributed by atoms with Gasteiger partial charge < -0.3 is 9.64 Å². The Morgan fingerprint density at radius 1 is 1.42 bits per heavy atom. The van der Waals surface area contributed by atoms with Crippen molar-refractivity contribution in [3.05, 3.63) is 34.0 Å². The predicted octanol–water partition coefficient (Wildman–Crippen LogP) is 2.53. The average Bonchev–Trinajstić information content (AvgIpc) is 3.11. The van der Waals surface area contributed by atoms with E-state index >= 15 is 0 Å². The van der Waals surface area contributed by atoms with Crippen molar-refractivity contribution in [2.24, 2.45) is 5.92 Å². The Bertz CT molecular complexity index is 708. The van der Waals surface area contributed by atoms with Gasteiger partial charge in [0.2, 0.25) is 0 Å². The van der Waals surface area contributed by atoms with Gasteiger partial charge in [-0.2, -0.15) is 5.10 Å². The Morgan fingerprint density at radius 2 is 2.29 bits per heavy atom. The number of rotatable bonds is 6. The molecule has 0 N–H and O–H groups in total. The van der Waals surface area contributed by atoms with E-state index in [1.165, 1.54) is 24.2 Å². The van der Waals surface area contributed by atoms with E-state index in [1.807, 2.05) is 15.0 Å². The largest absolute Gasteiger partial charge is 0.380 e. The molecule has 4 rings (SSSR count). The fourth-order valence-corrected chi connectivity index (χ4v) is 3.68. The van der Waals surface area contributed by atoms with Crippen LogP contribution >= 0.6 is 11.3 Å². The fourth-order valence-electron chi connectivity index (χ4n) is 3.16. The van der Waals surface area contributed by atoms with E-state index in [0.717, 1.165) is 30.3 Å². The molecule has 6 nitrogen and oxygen atoms in total. The highest BCUT2D eigenvalue weighted by Gasteiger charge is 2.32. The lowest BCUT2D eigenvalue weighted by atomic mass is 9.97. The van der Waals surface area contributed by atoms with Crippen molar-refractivity contribution in [2.75, 3.05) is 19.8 Å². The van der Waals surface area contributed by atoms with Crippen LogP contribution < -0.4 is 0 Å². The van der Waals surface area contributed by atoms with Gasteiger partial charge in [0.1, 0.15) is 5.69 Å². The number of carbonyl (C=O) groups is 1. The standard InChI is InChI=1S/C17H22N4O2S/c1-2-21-7-13-5-20(17(22)15-10-24-11-18-15)6-14(16(13)19-21)9-23-8-12-3-4-12/h7,10-12,14H,2-6,8-9H2,1H3. The molecule has 1 fully saturated rings. The molecule has 0 spiro atoms. The molecule has 1 atom stereocenters. The highest BCUT2D eigenvalue weighted by atomic mass is 32.1. The van der Waals surface area contributed by atoms with Gasteiger partial charge in [-0.25, -0.2) is 4.98 Å². The van der Waals surface area contributed by atoms with Crippen LogP contribution in [-0.4, -0.2) is 45.3 Å². The third-order valence-electron chi connectivity index (χ3n) is 4.69. The maximum Gasteiger partial charge on any atom is 0.273 e. The molecule has 3 heterocycles. The monoisotopic (exact) mass is 346 g/mol. The minimum atomic E-state index is -0.00154. The molecule has 0 saturated heterocycles. The minimum absolute atomic E-state index is 0.00154. The van der Waals surface area contributed by atoms with E-state index in [1.54, 1.807) is 5.51 Å². The number of hydrogen-bond donors (Lipinski definition) is 0. The summed E-state index contributed by atoms with van der Waals surface area (Å²) in [5.74, 6) is 0.884. The topological polar surface area (TPSA) is 60.2 Å². The smallest absolute Gasteiger partial charge is 0.273 e. The molecule has 128 valence electrons. The van der Waals surface area contributed by atoms with E-state index in [9.17, 15) is 4.79 Å². The van der Waals surface area contributed by atoms with Crippen molar-refractivity contribution < 1.29 is 9.53 Å².